The molecule has 2 heterocycles. The van der Waals surface area contributed by atoms with Crippen LogP contribution in [0.5, 0.6) is 0 Å². The molecule has 1 saturated carbocycles. The monoisotopic (exact) mass is 392 g/mol. The van der Waals surface area contributed by atoms with E-state index < -0.39 is 5.97 Å². The lowest BCUT2D eigenvalue weighted by atomic mass is 9.78. The van der Waals surface area contributed by atoms with Crippen LogP contribution < -0.4 is 5.73 Å². The van der Waals surface area contributed by atoms with Gasteiger partial charge < -0.3 is 15.8 Å². The number of H-pyrrole nitrogens is 1. The van der Waals surface area contributed by atoms with E-state index >= 15 is 0 Å². The predicted molar refractivity (Wildman–Crippen MR) is 106 cm³/mol. The van der Waals surface area contributed by atoms with Gasteiger partial charge in [-0.1, -0.05) is 18.6 Å². The molecule has 5 rings (SSSR count). The van der Waals surface area contributed by atoms with E-state index in [1.807, 2.05) is 0 Å². The highest BCUT2D eigenvalue weighted by Gasteiger charge is 2.35. The van der Waals surface area contributed by atoms with E-state index in [2.05, 4.69) is 15.0 Å². The minimum absolute atomic E-state index is 0.288. The lowest BCUT2D eigenvalue weighted by Crippen LogP contribution is -2.28. The largest absolute Gasteiger partial charge is 0.478 e. The lowest BCUT2D eigenvalue weighted by Gasteiger charge is -2.31. The zero-order valence-electron chi connectivity index (χ0n) is 15.8. The molecule has 0 bridgehead atoms. The van der Waals surface area contributed by atoms with Gasteiger partial charge >= 0.3 is 5.97 Å². The Bertz CT molecular complexity index is 1120. The second-order valence-electron chi connectivity index (χ2n) is 7.87. The van der Waals surface area contributed by atoms with Crippen molar-refractivity contribution in [2.24, 2.45) is 11.7 Å². The van der Waals surface area contributed by atoms with E-state index in [-0.39, 0.29) is 17.4 Å². The van der Waals surface area contributed by atoms with E-state index in [1.165, 1.54) is 12.1 Å². The predicted octanol–water partition coefficient (Wildman–Crippen LogP) is 3.87. The third-order valence-electron chi connectivity index (χ3n) is 6.17. The number of aromatic carboxylic acids is 1. The van der Waals surface area contributed by atoms with Crippen LogP contribution in [0.25, 0.3) is 22.8 Å². The lowest BCUT2D eigenvalue weighted by molar-refractivity contribution is 0.0693. The van der Waals surface area contributed by atoms with Crippen LogP contribution in [0.1, 0.15) is 52.5 Å². The number of benzene rings is 1. The third kappa shape index (κ3) is 2.93. The van der Waals surface area contributed by atoms with Crippen molar-refractivity contribution >= 4 is 5.97 Å². The number of carboxylic acid groups (broad SMARTS) is 1. The molecule has 3 aromatic rings. The second kappa shape index (κ2) is 6.77. The van der Waals surface area contributed by atoms with Crippen LogP contribution in [-0.2, 0) is 12.8 Å². The molecular formula is C22H21FN4O2. The molecule has 148 valence electrons. The van der Waals surface area contributed by atoms with Gasteiger partial charge in [0.15, 0.2) is 5.82 Å². The van der Waals surface area contributed by atoms with Crippen molar-refractivity contribution < 1.29 is 14.3 Å². The molecule has 1 unspecified atom stereocenters. The molecule has 0 amide bonds. The summed E-state index contributed by atoms with van der Waals surface area (Å²) in [5.74, 6) is -0.602. The van der Waals surface area contributed by atoms with E-state index in [9.17, 15) is 14.3 Å². The van der Waals surface area contributed by atoms with Crippen molar-refractivity contribution in [3.8, 4) is 22.8 Å². The Balaban J connectivity index is 1.64. The number of hydrogen-bond donors (Lipinski definition) is 3. The summed E-state index contributed by atoms with van der Waals surface area (Å²) in [7, 11) is 0. The van der Waals surface area contributed by atoms with Gasteiger partial charge in [0.25, 0.3) is 0 Å². The van der Waals surface area contributed by atoms with Gasteiger partial charge in [0.1, 0.15) is 5.82 Å². The summed E-state index contributed by atoms with van der Waals surface area (Å²) < 4.78 is 13.6. The van der Waals surface area contributed by atoms with E-state index in [4.69, 9.17) is 5.73 Å². The zero-order valence-corrected chi connectivity index (χ0v) is 15.8. The Labute approximate surface area is 167 Å². The van der Waals surface area contributed by atoms with E-state index in [1.54, 1.807) is 18.3 Å². The summed E-state index contributed by atoms with van der Waals surface area (Å²) >= 11 is 0. The summed E-state index contributed by atoms with van der Waals surface area (Å²) in [6.45, 7) is 0. The van der Waals surface area contributed by atoms with Crippen molar-refractivity contribution in [1.82, 2.24) is 15.0 Å². The molecule has 1 fully saturated rings. The zero-order chi connectivity index (χ0) is 20.1. The molecule has 2 aromatic heterocycles. The number of carboxylic acids is 1. The van der Waals surface area contributed by atoms with Gasteiger partial charge in [-0.2, -0.15) is 0 Å². The molecule has 4 N–H and O–H groups in total. The number of rotatable bonds is 4. The van der Waals surface area contributed by atoms with Gasteiger partial charge in [-0.15, -0.1) is 0 Å². The van der Waals surface area contributed by atoms with E-state index in [0.717, 1.165) is 30.4 Å². The van der Waals surface area contributed by atoms with Gasteiger partial charge in [0.05, 0.1) is 17.0 Å². The highest BCUT2D eigenvalue weighted by molar-refractivity contribution is 5.94. The minimum atomic E-state index is -0.963. The summed E-state index contributed by atoms with van der Waals surface area (Å²) in [6.07, 6.45) is 6.17. The molecule has 0 spiro atoms. The summed E-state index contributed by atoms with van der Waals surface area (Å²) in [5, 5.41) is 9.89. The van der Waals surface area contributed by atoms with Gasteiger partial charge in [-0.3, -0.25) is 0 Å². The van der Waals surface area contributed by atoms with Gasteiger partial charge in [0, 0.05) is 23.5 Å². The first-order valence-corrected chi connectivity index (χ1v) is 9.88. The Kier molecular flexibility index (Phi) is 4.20. The van der Waals surface area contributed by atoms with E-state index in [0.29, 0.717) is 47.2 Å². The van der Waals surface area contributed by atoms with Crippen molar-refractivity contribution in [3.63, 3.8) is 0 Å². The molecule has 1 aromatic carbocycles. The third-order valence-corrected chi connectivity index (χ3v) is 6.17. The Hall–Kier alpha value is -3.06. The van der Waals surface area contributed by atoms with Crippen LogP contribution in [0.15, 0.2) is 30.5 Å². The average molecular weight is 392 g/mol. The molecule has 29 heavy (non-hydrogen) atoms. The van der Waals surface area contributed by atoms with Crippen LogP contribution in [0.3, 0.4) is 0 Å². The quantitative estimate of drug-likeness (QED) is 0.625. The van der Waals surface area contributed by atoms with Crippen molar-refractivity contribution in [2.45, 2.75) is 38.1 Å². The first kappa shape index (κ1) is 18.0. The first-order valence-electron chi connectivity index (χ1n) is 9.88. The summed E-state index contributed by atoms with van der Waals surface area (Å²) in [4.78, 5) is 24.5. The standard InChI is InChI=1S/C22H21FN4O2/c23-14-6-2-5-12(9-14)21-25-10-13-7-8-15-16(22(28)29)20(17(24)11-3-1-4-11)26-19(15)18(13)27-21/h2,5-6,9-11,17,26H,1,3-4,7-8,24H2,(H,28,29). The maximum atomic E-state index is 13.6. The van der Waals surface area contributed by atoms with Crippen LogP contribution in [0.2, 0.25) is 0 Å². The van der Waals surface area contributed by atoms with Gasteiger partial charge in [0.2, 0.25) is 0 Å². The van der Waals surface area contributed by atoms with Crippen molar-refractivity contribution in [1.29, 1.82) is 0 Å². The van der Waals surface area contributed by atoms with Crippen molar-refractivity contribution in [2.75, 3.05) is 0 Å². The Morgan fingerprint density at radius 3 is 2.83 bits per heavy atom. The maximum Gasteiger partial charge on any atom is 0.337 e. The van der Waals surface area contributed by atoms with Crippen LogP contribution in [-0.4, -0.2) is 26.0 Å². The SMILES string of the molecule is NC(c1[nH]c2c(c1C(=O)O)CCc1cnc(-c3cccc(F)c3)nc1-2)C1CCC1. The fourth-order valence-corrected chi connectivity index (χ4v) is 4.37. The summed E-state index contributed by atoms with van der Waals surface area (Å²) in [6, 6.07) is 5.81. The topological polar surface area (TPSA) is 105 Å². The maximum absolute atomic E-state index is 13.6. The normalized spacial score (nSPS) is 16.6. The Morgan fingerprint density at radius 2 is 2.14 bits per heavy atom. The van der Waals surface area contributed by atoms with Crippen LogP contribution in [0.4, 0.5) is 4.39 Å². The molecule has 0 aliphatic heterocycles. The highest BCUT2D eigenvalue weighted by Crippen LogP contribution is 2.42. The number of nitrogens with one attached hydrogen (secondary N) is 1. The number of aryl methyl sites for hydroxylation is 1. The number of nitrogens with zero attached hydrogens (tertiary/aromatic N) is 2. The average Bonchev–Trinajstić information content (AvgIpc) is 3.06. The molecule has 0 saturated heterocycles. The number of carbonyl (C=O) groups is 1. The van der Waals surface area contributed by atoms with Crippen LogP contribution in [0, 0.1) is 11.7 Å². The number of halogens is 1. The van der Waals surface area contributed by atoms with Crippen molar-refractivity contribution in [3.05, 3.63) is 58.7 Å². The minimum Gasteiger partial charge on any atom is -0.478 e. The molecule has 2 aliphatic rings. The molecule has 0 radical (unpaired) electrons. The smallest absolute Gasteiger partial charge is 0.337 e. The number of fused-ring (bicyclic) bond motifs is 3. The summed E-state index contributed by atoms with van der Waals surface area (Å²) in [5.41, 5.74) is 11.0. The molecule has 2 aliphatic carbocycles. The van der Waals surface area contributed by atoms with Gasteiger partial charge in [-0.05, 0) is 54.9 Å². The highest BCUT2D eigenvalue weighted by atomic mass is 19.1. The van der Waals surface area contributed by atoms with Gasteiger partial charge in [-0.25, -0.2) is 19.2 Å². The fraction of sp³-hybridized carbons (Fsp3) is 0.318. The number of aromatic amines is 1. The molecule has 6 nitrogen and oxygen atoms in total. The second-order valence-corrected chi connectivity index (χ2v) is 7.87. The number of aromatic nitrogens is 3. The van der Waals surface area contributed by atoms with Crippen LogP contribution >= 0.6 is 0 Å². The number of nitrogens with two attached hydrogens (primary N) is 1. The first-order chi connectivity index (χ1) is 14.0. The number of hydrogen-bond acceptors (Lipinski definition) is 4. The Morgan fingerprint density at radius 1 is 1.31 bits per heavy atom. The molecular weight excluding hydrogens is 371 g/mol. The fourth-order valence-electron chi connectivity index (χ4n) is 4.37. The molecule has 1 atom stereocenters. The molecule has 7 heteroatoms.